The molecule has 0 atom stereocenters. The highest BCUT2D eigenvalue weighted by atomic mass is 32.2. The van der Waals surface area contributed by atoms with Crippen LogP contribution < -0.4 is 10.0 Å². The number of carbonyl (C=O) groups excluding carboxylic acids is 1. The fourth-order valence-electron chi connectivity index (χ4n) is 2.90. The van der Waals surface area contributed by atoms with Gasteiger partial charge in [0, 0.05) is 12.2 Å². The molecule has 0 aromatic heterocycles. The minimum atomic E-state index is -4.65. The predicted molar refractivity (Wildman–Crippen MR) is 115 cm³/mol. The monoisotopic (exact) mass is 462 g/mol. The van der Waals surface area contributed by atoms with Crippen LogP contribution in [0.2, 0.25) is 0 Å². The summed E-state index contributed by atoms with van der Waals surface area (Å²) in [5, 5.41) is 2.82. The lowest BCUT2D eigenvalue weighted by Crippen LogP contribution is -2.24. The predicted octanol–water partition coefficient (Wildman–Crippen LogP) is 4.67. The average molecular weight is 462 g/mol. The number of nitrogens with one attached hydrogen (secondary N) is 2. The second kappa shape index (κ2) is 9.44. The van der Waals surface area contributed by atoms with Crippen LogP contribution in [0.4, 0.5) is 18.9 Å². The number of hydrogen-bond acceptors (Lipinski definition) is 3. The number of alkyl halides is 3. The highest BCUT2D eigenvalue weighted by molar-refractivity contribution is 7.92. The van der Waals surface area contributed by atoms with Crippen molar-refractivity contribution in [3.8, 4) is 0 Å². The molecule has 0 aliphatic rings. The minimum Gasteiger partial charge on any atom is -0.352 e. The lowest BCUT2D eigenvalue weighted by atomic mass is 10.1. The molecule has 5 nitrogen and oxygen atoms in total. The van der Waals surface area contributed by atoms with E-state index in [0.29, 0.717) is 18.2 Å². The van der Waals surface area contributed by atoms with Gasteiger partial charge in [0.1, 0.15) is 0 Å². The van der Waals surface area contributed by atoms with Crippen LogP contribution in [0.3, 0.4) is 0 Å². The Bertz CT molecular complexity index is 1190. The van der Waals surface area contributed by atoms with E-state index in [2.05, 4.69) is 10.0 Å². The molecule has 0 spiro atoms. The maximum absolute atomic E-state index is 12.9. The highest BCUT2D eigenvalue weighted by Gasteiger charge is 2.31. The van der Waals surface area contributed by atoms with E-state index < -0.39 is 26.7 Å². The van der Waals surface area contributed by atoms with Crippen molar-refractivity contribution in [3.63, 3.8) is 0 Å². The summed E-state index contributed by atoms with van der Waals surface area (Å²) >= 11 is 0. The molecule has 3 aromatic rings. The normalized spacial score (nSPS) is 11.8. The summed E-state index contributed by atoms with van der Waals surface area (Å²) in [6.45, 7) is 2.37. The van der Waals surface area contributed by atoms with Gasteiger partial charge in [-0.2, -0.15) is 13.2 Å². The maximum Gasteiger partial charge on any atom is 0.416 e. The summed E-state index contributed by atoms with van der Waals surface area (Å²) in [4.78, 5) is 11.7. The molecule has 0 saturated heterocycles. The quantitative estimate of drug-likeness (QED) is 0.536. The molecule has 0 radical (unpaired) electrons. The van der Waals surface area contributed by atoms with Gasteiger partial charge in [0.2, 0.25) is 5.91 Å². The summed E-state index contributed by atoms with van der Waals surface area (Å²) in [7, 11) is -4.20. The first kappa shape index (κ1) is 23.3. The molecule has 2 N–H and O–H groups in total. The fraction of sp³-hybridized carbons (Fsp3) is 0.174. The Morgan fingerprint density at radius 1 is 0.906 bits per heavy atom. The molecule has 0 unspecified atom stereocenters. The first-order chi connectivity index (χ1) is 15.0. The number of carbonyl (C=O) groups is 1. The largest absolute Gasteiger partial charge is 0.416 e. The van der Waals surface area contributed by atoms with E-state index in [-0.39, 0.29) is 18.0 Å². The van der Waals surface area contributed by atoms with E-state index >= 15 is 0 Å². The minimum absolute atomic E-state index is 0.104. The third-order valence-corrected chi connectivity index (χ3v) is 6.03. The van der Waals surface area contributed by atoms with E-state index in [1.165, 1.54) is 12.1 Å². The Kier molecular flexibility index (Phi) is 6.88. The SMILES string of the molecule is Cc1ccc(CNC(=O)Cc2ccc(NS(=O)(=O)c3cccc(C(F)(F)F)c3)cc2)cc1. The summed E-state index contributed by atoms with van der Waals surface area (Å²) in [5.74, 6) is -0.192. The summed E-state index contributed by atoms with van der Waals surface area (Å²) in [6, 6.07) is 17.3. The number of rotatable bonds is 7. The van der Waals surface area contributed by atoms with Crippen LogP contribution in [0.5, 0.6) is 0 Å². The summed E-state index contributed by atoms with van der Waals surface area (Å²) in [5.41, 5.74) is 1.89. The molecule has 0 heterocycles. The van der Waals surface area contributed by atoms with E-state index in [9.17, 15) is 26.4 Å². The zero-order valence-corrected chi connectivity index (χ0v) is 17.9. The molecule has 0 fully saturated rings. The Balaban J connectivity index is 1.60. The van der Waals surface area contributed by atoms with Crippen LogP contribution in [0.15, 0.2) is 77.7 Å². The molecular formula is C23H21F3N2O3S. The van der Waals surface area contributed by atoms with Gasteiger partial charge in [0.15, 0.2) is 0 Å². The van der Waals surface area contributed by atoms with E-state index in [4.69, 9.17) is 0 Å². The number of aryl methyl sites for hydroxylation is 1. The van der Waals surface area contributed by atoms with E-state index in [1.807, 2.05) is 31.2 Å². The Hall–Kier alpha value is -3.33. The van der Waals surface area contributed by atoms with Crippen molar-refractivity contribution < 1.29 is 26.4 Å². The summed E-state index contributed by atoms with van der Waals surface area (Å²) < 4.78 is 65.7. The zero-order valence-electron chi connectivity index (χ0n) is 17.1. The number of anilines is 1. The van der Waals surface area contributed by atoms with Gasteiger partial charge in [0.25, 0.3) is 10.0 Å². The van der Waals surface area contributed by atoms with Gasteiger partial charge < -0.3 is 5.32 Å². The van der Waals surface area contributed by atoms with Crippen LogP contribution in [-0.4, -0.2) is 14.3 Å². The first-order valence-corrected chi connectivity index (χ1v) is 11.1. The first-order valence-electron chi connectivity index (χ1n) is 9.64. The standard InChI is InChI=1S/C23H21F3N2O3S/c1-16-5-7-18(8-6-16)15-27-22(29)13-17-9-11-20(12-10-17)28-32(30,31)21-4-2-3-19(14-21)23(24,25)26/h2-12,14,28H,13,15H2,1H3,(H,27,29). The van der Waals surface area contributed by atoms with Gasteiger partial charge >= 0.3 is 6.18 Å². The molecule has 0 saturated carbocycles. The third-order valence-electron chi connectivity index (χ3n) is 4.65. The van der Waals surface area contributed by atoms with E-state index in [0.717, 1.165) is 29.3 Å². The van der Waals surface area contributed by atoms with Gasteiger partial charge in [-0.25, -0.2) is 8.42 Å². The molecule has 0 aliphatic heterocycles. The fourth-order valence-corrected chi connectivity index (χ4v) is 4.00. The molecule has 0 aliphatic carbocycles. The Morgan fingerprint density at radius 3 is 2.16 bits per heavy atom. The number of amides is 1. The smallest absolute Gasteiger partial charge is 0.352 e. The molecule has 3 aromatic carbocycles. The van der Waals surface area contributed by atoms with Crippen molar-refractivity contribution in [2.24, 2.45) is 0 Å². The second-order valence-electron chi connectivity index (χ2n) is 7.27. The molecule has 0 bridgehead atoms. The lowest BCUT2D eigenvalue weighted by molar-refractivity contribution is -0.137. The molecule has 1 amide bonds. The van der Waals surface area contributed by atoms with E-state index in [1.54, 1.807) is 12.1 Å². The van der Waals surface area contributed by atoms with Crippen LogP contribution in [0.25, 0.3) is 0 Å². The van der Waals surface area contributed by atoms with Crippen molar-refractivity contribution in [2.45, 2.75) is 31.0 Å². The van der Waals surface area contributed by atoms with Crippen molar-refractivity contribution in [1.29, 1.82) is 0 Å². The topological polar surface area (TPSA) is 75.3 Å². The van der Waals surface area contributed by atoms with Gasteiger partial charge in [-0.15, -0.1) is 0 Å². The van der Waals surface area contributed by atoms with Crippen LogP contribution in [0, 0.1) is 6.92 Å². The van der Waals surface area contributed by atoms with Gasteiger partial charge in [0.05, 0.1) is 16.9 Å². The maximum atomic E-state index is 12.9. The third kappa shape index (κ3) is 6.34. The molecule has 9 heteroatoms. The summed E-state index contributed by atoms with van der Waals surface area (Å²) in [6.07, 6.45) is -4.54. The van der Waals surface area contributed by atoms with Crippen LogP contribution in [0.1, 0.15) is 22.3 Å². The number of halogens is 3. The number of hydrogen-bond donors (Lipinski definition) is 2. The lowest BCUT2D eigenvalue weighted by Gasteiger charge is -2.11. The molecular weight excluding hydrogens is 441 g/mol. The van der Waals surface area contributed by atoms with Crippen molar-refractivity contribution >= 4 is 21.6 Å². The zero-order chi connectivity index (χ0) is 23.4. The van der Waals surface area contributed by atoms with Crippen LogP contribution >= 0.6 is 0 Å². The second-order valence-corrected chi connectivity index (χ2v) is 8.95. The Morgan fingerprint density at radius 2 is 1.53 bits per heavy atom. The van der Waals surface area contributed by atoms with Crippen LogP contribution in [-0.2, 0) is 34.0 Å². The average Bonchev–Trinajstić information content (AvgIpc) is 2.74. The number of benzene rings is 3. The van der Waals surface area contributed by atoms with Gasteiger partial charge in [-0.1, -0.05) is 48.0 Å². The highest BCUT2D eigenvalue weighted by Crippen LogP contribution is 2.30. The van der Waals surface area contributed by atoms with Crippen molar-refractivity contribution in [3.05, 3.63) is 95.1 Å². The molecule has 32 heavy (non-hydrogen) atoms. The van der Waals surface area contributed by atoms with Crippen molar-refractivity contribution in [1.82, 2.24) is 5.32 Å². The van der Waals surface area contributed by atoms with Gasteiger partial charge in [-0.3, -0.25) is 9.52 Å². The molecule has 3 rings (SSSR count). The van der Waals surface area contributed by atoms with Gasteiger partial charge in [-0.05, 0) is 48.4 Å². The molecule has 168 valence electrons. The van der Waals surface area contributed by atoms with Crippen molar-refractivity contribution in [2.75, 3.05) is 4.72 Å². The number of sulfonamides is 1. The Labute approximate surface area is 184 Å².